The number of β-amino-alcohol motifs (C(OH)–C–C–N with tert-alkyl or cyclic N) is 1. The topological polar surface area (TPSA) is 210 Å². The highest BCUT2D eigenvalue weighted by Gasteiger charge is 2.44. The van der Waals surface area contributed by atoms with Crippen LogP contribution in [0.15, 0.2) is 84.6 Å². The second kappa shape index (κ2) is 21.0. The van der Waals surface area contributed by atoms with Gasteiger partial charge in [-0.2, -0.15) is 0 Å². The molecule has 2 aliphatic heterocycles. The van der Waals surface area contributed by atoms with Crippen LogP contribution in [0.1, 0.15) is 67.7 Å². The Bertz CT molecular complexity index is 3060. The number of aromatic nitrogens is 3. The number of likely N-dealkylation sites (tertiary alicyclic amines) is 1. The number of H-pyrrole nitrogens is 1. The van der Waals surface area contributed by atoms with Crippen molar-refractivity contribution >= 4 is 67.3 Å². The highest BCUT2D eigenvalue weighted by Crippen LogP contribution is 2.32. The van der Waals surface area contributed by atoms with E-state index in [2.05, 4.69) is 35.2 Å². The zero-order chi connectivity index (χ0) is 50.8. The molecule has 374 valence electrons. The van der Waals surface area contributed by atoms with Gasteiger partial charge in [-0.3, -0.25) is 28.8 Å². The van der Waals surface area contributed by atoms with Crippen molar-refractivity contribution < 1.29 is 41.5 Å². The van der Waals surface area contributed by atoms with Crippen LogP contribution in [-0.4, -0.2) is 125 Å². The number of benzene rings is 3. The van der Waals surface area contributed by atoms with Gasteiger partial charge in [0.15, 0.2) is 5.82 Å². The number of halogens is 2. The third-order valence-electron chi connectivity index (χ3n) is 12.8. The number of fused-ring (bicyclic) bond motifs is 1. The van der Waals surface area contributed by atoms with Crippen LogP contribution in [0.3, 0.4) is 0 Å². The lowest BCUT2D eigenvalue weighted by Crippen LogP contribution is -2.59. The van der Waals surface area contributed by atoms with Crippen LogP contribution < -0.4 is 20.3 Å². The van der Waals surface area contributed by atoms with Crippen molar-refractivity contribution in [2.45, 2.75) is 72.2 Å². The van der Waals surface area contributed by atoms with Gasteiger partial charge < -0.3 is 30.5 Å². The fraction of sp³-hybridized carbons (Fsp3) is 0.373. The number of aromatic amines is 1. The number of nitrogens with zero attached hydrogens (tertiary/aromatic N) is 5. The van der Waals surface area contributed by atoms with Gasteiger partial charge in [0.25, 0.3) is 0 Å². The van der Waals surface area contributed by atoms with Gasteiger partial charge in [0.05, 0.1) is 45.7 Å². The number of rotatable bonds is 16. The molecule has 0 unspecified atom stereocenters. The van der Waals surface area contributed by atoms with Crippen LogP contribution in [-0.2, 0) is 31.0 Å². The first kappa shape index (κ1) is 50.8. The van der Waals surface area contributed by atoms with E-state index in [1.807, 2.05) is 81.1 Å². The molecule has 2 fully saturated rings. The first-order valence-corrected chi connectivity index (χ1v) is 26.0. The van der Waals surface area contributed by atoms with Crippen molar-refractivity contribution in [1.82, 2.24) is 35.4 Å². The molecular formula is C51H57F2N9O7S2. The van der Waals surface area contributed by atoms with E-state index >= 15 is 8.78 Å². The number of aliphatic hydroxyl groups is 1. The quantitative estimate of drug-likeness (QED) is 0.0685. The highest BCUT2D eigenvalue weighted by atomic mass is 32.2. The lowest BCUT2D eigenvalue weighted by Gasteiger charge is -2.37. The zero-order valence-corrected chi connectivity index (χ0v) is 41.7. The minimum absolute atomic E-state index is 0.0255. The average Bonchev–Trinajstić information content (AvgIpc) is 4.08. The smallest absolute Gasteiger partial charge is 0.246 e. The second-order valence-corrected chi connectivity index (χ2v) is 21.8. The molecule has 5 N–H and O–H groups in total. The molecule has 20 heteroatoms. The predicted octanol–water partition coefficient (Wildman–Crippen LogP) is 6.25. The van der Waals surface area contributed by atoms with Crippen LogP contribution >= 0.6 is 11.3 Å². The van der Waals surface area contributed by atoms with E-state index in [-0.39, 0.29) is 55.6 Å². The summed E-state index contributed by atoms with van der Waals surface area (Å²) >= 11 is 1.56. The number of hydrogen-bond acceptors (Lipinski definition) is 12. The van der Waals surface area contributed by atoms with E-state index in [1.54, 1.807) is 36.0 Å². The molecule has 5 heterocycles. The maximum atomic E-state index is 15.6. The van der Waals surface area contributed by atoms with Gasteiger partial charge in [-0.05, 0) is 65.8 Å². The Morgan fingerprint density at radius 1 is 0.944 bits per heavy atom. The van der Waals surface area contributed by atoms with Crippen LogP contribution in [0.5, 0.6) is 0 Å². The molecule has 2 saturated heterocycles. The molecule has 3 aromatic heterocycles. The lowest BCUT2D eigenvalue weighted by atomic mass is 9.85. The van der Waals surface area contributed by atoms with Crippen LogP contribution in [0.2, 0.25) is 0 Å². The molecule has 3 amide bonds. The molecule has 3 aromatic carbocycles. The van der Waals surface area contributed by atoms with Crippen molar-refractivity contribution in [1.29, 1.82) is 0 Å². The SMILES string of the molecule is CCCS(=O)(=O)Nc1ccc(F)c(C(=O)c2c[nH]c3ncc(-c4ccc(N5CCN(CC(=O)N[C@H](C(=O)N6C[C@H](O)C[C@H]6C(=O)NCc6ccc(-c7scnc7C)cc6)C(C)(C)C)CC5)cc4)cc23)c1F. The maximum absolute atomic E-state index is 15.6. The standard InChI is InChI=1S/C51H57F2N9O7S2/c1-6-21-71(68,69)59-40-16-15-39(52)43(44(40)53)45(65)38-26-55-48-37(38)22-34(25-54-48)32-11-13-35(14-12-32)61-19-17-60(18-20-61)28-42(64)58-47(51(3,4)5)50(67)62-27-36(63)23-41(62)49(66)56-24-31-7-9-33(10-8-31)46-30(2)57-29-70-46/h7-16,22,25-26,29,36,41,47,59,63H,6,17-21,23-24,27-28H2,1-5H3,(H,54,55)(H,56,66)(H,58,64)/t36-,41+,47-/m1/s1. The van der Waals surface area contributed by atoms with Gasteiger partial charge in [0.1, 0.15) is 23.5 Å². The minimum Gasteiger partial charge on any atom is -0.391 e. The summed E-state index contributed by atoms with van der Waals surface area (Å²) in [7, 11) is -3.92. The fourth-order valence-corrected chi connectivity index (χ4v) is 11.0. The molecule has 0 bridgehead atoms. The molecular weight excluding hydrogens is 953 g/mol. The van der Waals surface area contributed by atoms with Gasteiger partial charge in [-0.1, -0.05) is 64.1 Å². The van der Waals surface area contributed by atoms with E-state index in [0.717, 1.165) is 45.1 Å². The van der Waals surface area contributed by atoms with Gasteiger partial charge in [0.2, 0.25) is 33.5 Å². The first-order valence-electron chi connectivity index (χ1n) is 23.4. The van der Waals surface area contributed by atoms with Crippen molar-refractivity contribution in [2.24, 2.45) is 5.41 Å². The Morgan fingerprint density at radius 3 is 2.31 bits per heavy atom. The maximum Gasteiger partial charge on any atom is 0.246 e. The Hall–Kier alpha value is -6.61. The van der Waals surface area contributed by atoms with Crippen molar-refractivity contribution in [3.05, 3.63) is 119 Å². The van der Waals surface area contributed by atoms with Gasteiger partial charge in [-0.15, -0.1) is 11.3 Å². The number of pyridine rings is 1. The number of hydrogen-bond donors (Lipinski definition) is 5. The molecule has 3 atom stereocenters. The second-order valence-electron chi connectivity index (χ2n) is 19.1. The van der Waals surface area contributed by atoms with E-state index in [4.69, 9.17) is 0 Å². The summed E-state index contributed by atoms with van der Waals surface area (Å²) in [5.74, 6) is -4.85. The molecule has 0 aliphatic carbocycles. The number of carbonyl (C=O) groups is 4. The molecule has 0 saturated carbocycles. The number of nitrogens with one attached hydrogen (secondary N) is 4. The van der Waals surface area contributed by atoms with Gasteiger partial charge in [0, 0.05) is 80.3 Å². The van der Waals surface area contributed by atoms with E-state index in [9.17, 15) is 32.7 Å². The predicted molar refractivity (Wildman–Crippen MR) is 269 cm³/mol. The van der Waals surface area contributed by atoms with Crippen molar-refractivity contribution in [3.63, 3.8) is 0 Å². The third-order valence-corrected chi connectivity index (χ3v) is 15.3. The summed E-state index contributed by atoms with van der Waals surface area (Å²) in [5, 5.41) is 16.9. The number of sulfonamides is 1. The molecule has 2 aliphatic rings. The van der Waals surface area contributed by atoms with E-state index in [1.165, 1.54) is 11.1 Å². The Kier molecular flexibility index (Phi) is 15.0. The number of amides is 3. The summed E-state index contributed by atoms with van der Waals surface area (Å²) in [4.78, 5) is 73.4. The summed E-state index contributed by atoms with van der Waals surface area (Å²) in [6, 6.07) is 17.2. The lowest BCUT2D eigenvalue weighted by molar-refractivity contribution is -0.144. The normalized spacial score (nSPS) is 17.1. The number of aryl methyl sites for hydroxylation is 1. The average molecular weight is 1010 g/mol. The Morgan fingerprint density at radius 2 is 1.65 bits per heavy atom. The van der Waals surface area contributed by atoms with Crippen LogP contribution in [0.25, 0.3) is 32.6 Å². The van der Waals surface area contributed by atoms with Crippen LogP contribution in [0, 0.1) is 24.0 Å². The molecule has 8 rings (SSSR count). The summed E-state index contributed by atoms with van der Waals surface area (Å²) in [6.45, 7) is 11.8. The summed E-state index contributed by atoms with van der Waals surface area (Å²) < 4.78 is 57.4. The third kappa shape index (κ3) is 11.5. The summed E-state index contributed by atoms with van der Waals surface area (Å²) in [6.07, 6.45) is 2.40. The molecule has 6 aromatic rings. The van der Waals surface area contributed by atoms with Gasteiger partial charge >= 0.3 is 0 Å². The summed E-state index contributed by atoms with van der Waals surface area (Å²) in [5.41, 5.74) is 5.18. The van der Waals surface area contributed by atoms with E-state index in [0.29, 0.717) is 42.8 Å². The molecule has 0 radical (unpaired) electrons. The van der Waals surface area contributed by atoms with E-state index < -0.39 is 68.2 Å². The Balaban J connectivity index is 0.857. The molecule has 71 heavy (non-hydrogen) atoms. The number of ketones is 1. The molecule has 16 nitrogen and oxygen atoms in total. The number of thiazole rings is 1. The first-order chi connectivity index (χ1) is 33.8. The molecule has 0 spiro atoms. The monoisotopic (exact) mass is 1010 g/mol. The highest BCUT2D eigenvalue weighted by molar-refractivity contribution is 7.92. The number of anilines is 2. The number of aliphatic hydroxyl groups excluding tert-OH is 1. The Labute approximate surface area is 414 Å². The largest absolute Gasteiger partial charge is 0.391 e. The fourth-order valence-electron chi connectivity index (χ4n) is 9.03. The van der Waals surface area contributed by atoms with Crippen molar-refractivity contribution in [2.75, 3.05) is 54.6 Å². The van der Waals surface area contributed by atoms with Gasteiger partial charge in [-0.25, -0.2) is 27.2 Å². The number of piperazine rings is 1. The van der Waals surface area contributed by atoms with Crippen LogP contribution in [0.4, 0.5) is 20.2 Å². The number of carbonyl (C=O) groups excluding carboxylic acids is 4. The minimum atomic E-state index is -3.92. The van der Waals surface area contributed by atoms with Crippen molar-refractivity contribution in [3.8, 4) is 21.6 Å². The zero-order valence-electron chi connectivity index (χ0n) is 40.1.